The molecule has 1 aliphatic heterocycles. The molecular formula is C12H21NO5S. The Morgan fingerprint density at radius 2 is 2.00 bits per heavy atom. The van der Waals surface area contributed by atoms with Crippen molar-refractivity contribution in [1.82, 2.24) is 4.90 Å². The molecule has 0 aromatic carbocycles. The number of carbonyl (C=O) groups excluding carboxylic acids is 1. The number of aliphatic hydroxyl groups is 1. The minimum absolute atomic E-state index is 0.0559. The van der Waals surface area contributed by atoms with Gasteiger partial charge in [-0.3, -0.25) is 4.79 Å². The summed E-state index contributed by atoms with van der Waals surface area (Å²) in [5.74, 6) is -0.428. The largest absolute Gasteiger partial charge is 0.481 e. The van der Waals surface area contributed by atoms with Crippen LogP contribution in [0.3, 0.4) is 0 Å². The molecule has 0 unspecified atom stereocenters. The summed E-state index contributed by atoms with van der Waals surface area (Å²) in [6, 6.07) is 0. The smallest absolute Gasteiger partial charge is 0.410 e. The Hall–Kier alpha value is -0.950. The van der Waals surface area contributed by atoms with Gasteiger partial charge in [0.1, 0.15) is 5.60 Å². The lowest BCUT2D eigenvalue weighted by Gasteiger charge is -2.24. The molecule has 1 fully saturated rings. The van der Waals surface area contributed by atoms with E-state index >= 15 is 0 Å². The van der Waals surface area contributed by atoms with Crippen molar-refractivity contribution in [2.75, 3.05) is 18.8 Å². The van der Waals surface area contributed by atoms with Crippen LogP contribution in [-0.4, -0.2) is 63.0 Å². The zero-order valence-corrected chi connectivity index (χ0v) is 12.3. The van der Waals surface area contributed by atoms with Gasteiger partial charge in [0.15, 0.2) is 0 Å². The van der Waals surface area contributed by atoms with E-state index in [1.54, 1.807) is 20.8 Å². The van der Waals surface area contributed by atoms with Gasteiger partial charge in [-0.25, -0.2) is 4.79 Å². The van der Waals surface area contributed by atoms with Crippen molar-refractivity contribution in [1.29, 1.82) is 0 Å². The fraction of sp³-hybridized carbons (Fsp3) is 0.833. The number of thioether (sulfide) groups is 1. The maximum absolute atomic E-state index is 11.8. The Labute approximate surface area is 117 Å². The highest BCUT2D eigenvalue weighted by Crippen LogP contribution is 2.25. The maximum Gasteiger partial charge on any atom is 0.410 e. The number of carboxylic acids is 1. The van der Waals surface area contributed by atoms with E-state index in [9.17, 15) is 14.7 Å². The van der Waals surface area contributed by atoms with Crippen LogP contribution in [0, 0.1) is 0 Å². The normalized spacial score (nSPS) is 23.5. The van der Waals surface area contributed by atoms with E-state index in [2.05, 4.69) is 0 Å². The Kier molecular flexibility index (Phi) is 5.49. The highest BCUT2D eigenvalue weighted by molar-refractivity contribution is 8.00. The molecule has 110 valence electrons. The van der Waals surface area contributed by atoms with Gasteiger partial charge in [-0.15, -0.1) is 0 Å². The van der Waals surface area contributed by atoms with Crippen LogP contribution < -0.4 is 0 Å². The zero-order valence-electron chi connectivity index (χ0n) is 11.5. The van der Waals surface area contributed by atoms with Crippen LogP contribution in [0.25, 0.3) is 0 Å². The molecule has 1 rings (SSSR count). The van der Waals surface area contributed by atoms with Crippen LogP contribution in [-0.2, 0) is 9.53 Å². The van der Waals surface area contributed by atoms with Gasteiger partial charge in [-0.1, -0.05) is 0 Å². The summed E-state index contributed by atoms with van der Waals surface area (Å²) in [5.41, 5.74) is -0.559. The number of amides is 1. The highest BCUT2D eigenvalue weighted by atomic mass is 32.2. The van der Waals surface area contributed by atoms with E-state index in [0.717, 1.165) is 0 Å². The number of carboxylic acid groups (broad SMARTS) is 1. The SMILES string of the molecule is CC(C)(C)OC(=O)N1C[C@@H](O)[C@H](SCCC(=O)O)C1. The van der Waals surface area contributed by atoms with E-state index in [-0.39, 0.29) is 18.2 Å². The van der Waals surface area contributed by atoms with Crippen LogP contribution in [0.5, 0.6) is 0 Å². The quantitative estimate of drug-likeness (QED) is 0.808. The van der Waals surface area contributed by atoms with Crippen LogP contribution >= 0.6 is 11.8 Å². The first-order valence-electron chi connectivity index (χ1n) is 6.18. The van der Waals surface area contributed by atoms with Crippen LogP contribution in [0.2, 0.25) is 0 Å². The molecular weight excluding hydrogens is 270 g/mol. The van der Waals surface area contributed by atoms with Gasteiger partial charge in [0.05, 0.1) is 24.3 Å². The third-order valence-corrected chi connectivity index (χ3v) is 3.87. The van der Waals surface area contributed by atoms with Crippen molar-refractivity contribution in [2.45, 2.75) is 44.1 Å². The Morgan fingerprint density at radius 3 is 2.53 bits per heavy atom. The first kappa shape index (κ1) is 16.1. The molecule has 6 nitrogen and oxygen atoms in total. The molecule has 19 heavy (non-hydrogen) atoms. The third kappa shape index (κ3) is 5.69. The molecule has 0 aromatic heterocycles. The summed E-state index contributed by atoms with van der Waals surface area (Å²) < 4.78 is 5.23. The fourth-order valence-electron chi connectivity index (χ4n) is 1.69. The van der Waals surface area contributed by atoms with Crippen molar-refractivity contribution in [2.24, 2.45) is 0 Å². The molecule has 1 heterocycles. The minimum Gasteiger partial charge on any atom is -0.481 e. The van der Waals surface area contributed by atoms with E-state index in [0.29, 0.717) is 12.3 Å². The highest BCUT2D eigenvalue weighted by Gasteiger charge is 2.36. The fourth-order valence-corrected chi connectivity index (χ4v) is 2.88. The number of carbonyl (C=O) groups is 2. The lowest BCUT2D eigenvalue weighted by Crippen LogP contribution is -2.35. The topological polar surface area (TPSA) is 87.1 Å². The predicted octanol–water partition coefficient (Wildman–Crippen LogP) is 1.17. The van der Waals surface area contributed by atoms with Gasteiger partial charge in [0.25, 0.3) is 0 Å². The molecule has 0 aliphatic carbocycles. The summed E-state index contributed by atoms with van der Waals surface area (Å²) in [6.45, 7) is 5.99. The van der Waals surface area contributed by atoms with Gasteiger partial charge in [-0.05, 0) is 20.8 Å². The monoisotopic (exact) mass is 291 g/mol. The van der Waals surface area contributed by atoms with Crippen LogP contribution in [0.1, 0.15) is 27.2 Å². The van der Waals surface area contributed by atoms with Gasteiger partial charge in [0, 0.05) is 12.3 Å². The molecule has 2 N–H and O–H groups in total. The number of aliphatic hydroxyl groups excluding tert-OH is 1. The van der Waals surface area contributed by atoms with Gasteiger partial charge < -0.3 is 19.8 Å². The van der Waals surface area contributed by atoms with Crippen LogP contribution in [0.15, 0.2) is 0 Å². The van der Waals surface area contributed by atoms with Gasteiger partial charge in [-0.2, -0.15) is 11.8 Å². The molecule has 1 aliphatic rings. The van der Waals surface area contributed by atoms with E-state index < -0.39 is 23.8 Å². The summed E-state index contributed by atoms with van der Waals surface area (Å²) in [7, 11) is 0. The molecule has 0 aromatic rings. The molecule has 0 radical (unpaired) electrons. The standard InChI is InChI=1S/C12H21NO5S/c1-12(2,3)18-11(17)13-6-8(14)9(7-13)19-5-4-10(15)16/h8-9,14H,4-7H2,1-3H3,(H,15,16)/t8-,9-/m1/s1. The second-order valence-corrected chi connectivity index (χ2v) is 6.85. The number of hydrogen-bond donors (Lipinski definition) is 2. The van der Waals surface area contributed by atoms with Crippen molar-refractivity contribution in [3.05, 3.63) is 0 Å². The lowest BCUT2D eigenvalue weighted by atomic mass is 10.2. The number of β-amino-alcohol motifs (C(OH)–C–C–N with tert-alkyl or cyclic N) is 1. The average molecular weight is 291 g/mol. The second kappa shape index (κ2) is 6.47. The molecule has 7 heteroatoms. The predicted molar refractivity (Wildman–Crippen MR) is 72.3 cm³/mol. The van der Waals surface area contributed by atoms with Crippen molar-refractivity contribution < 1.29 is 24.5 Å². The number of likely N-dealkylation sites (tertiary alicyclic amines) is 1. The van der Waals surface area contributed by atoms with Gasteiger partial charge in [0.2, 0.25) is 0 Å². The van der Waals surface area contributed by atoms with Crippen molar-refractivity contribution in [3.63, 3.8) is 0 Å². The number of ether oxygens (including phenoxy) is 1. The molecule has 1 amide bonds. The first-order chi connectivity index (χ1) is 8.69. The van der Waals surface area contributed by atoms with Crippen LogP contribution in [0.4, 0.5) is 4.79 Å². The van der Waals surface area contributed by atoms with E-state index in [1.807, 2.05) is 0 Å². The summed E-state index contributed by atoms with van der Waals surface area (Å²) in [4.78, 5) is 23.7. The maximum atomic E-state index is 11.8. The second-order valence-electron chi connectivity index (χ2n) is 5.51. The Bertz CT molecular complexity index is 342. The average Bonchev–Trinajstić information content (AvgIpc) is 2.57. The Balaban J connectivity index is 2.41. The Morgan fingerprint density at radius 1 is 1.37 bits per heavy atom. The minimum atomic E-state index is -0.857. The van der Waals surface area contributed by atoms with E-state index in [4.69, 9.17) is 9.84 Å². The molecule has 0 bridgehead atoms. The van der Waals surface area contributed by atoms with E-state index in [1.165, 1.54) is 16.7 Å². The van der Waals surface area contributed by atoms with Crippen molar-refractivity contribution in [3.8, 4) is 0 Å². The summed E-state index contributed by atoms with van der Waals surface area (Å²) in [5, 5.41) is 18.3. The number of aliphatic carboxylic acids is 1. The number of nitrogens with zero attached hydrogens (tertiary/aromatic N) is 1. The third-order valence-electron chi connectivity index (χ3n) is 2.54. The lowest BCUT2D eigenvalue weighted by molar-refractivity contribution is -0.136. The molecule has 0 spiro atoms. The molecule has 0 saturated carbocycles. The zero-order chi connectivity index (χ0) is 14.6. The number of hydrogen-bond acceptors (Lipinski definition) is 5. The molecule has 2 atom stereocenters. The molecule has 1 saturated heterocycles. The number of rotatable bonds is 4. The first-order valence-corrected chi connectivity index (χ1v) is 7.23. The summed E-state index contributed by atoms with van der Waals surface area (Å²) in [6.07, 6.45) is -1.01. The van der Waals surface area contributed by atoms with Crippen molar-refractivity contribution >= 4 is 23.8 Å². The summed E-state index contributed by atoms with van der Waals surface area (Å²) >= 11 is 1.38. The van der Waals surface area contributed by atoms with Gasteiger partial charge >= 0.3 is 12.1 Å².